The highest BCUT2D eigenvalue weighted by atomic mass is 32.2. The topological polar surface area (TPSA) is 86.7 Å². The molecule has 0 saturated carbocycles. The Kier molecular flexibility index (Phi) is 4.34. The maximum atomic E-state index is 12.5. The standard InChI is InChI=1S/C12H12F3NO5S/c13-12(14,15)22(19,20)21-10-9-6-2-1-4-8(9)5-3-7-16(10)11(17)18/h1-2,4,6,10H,3,5,7H2,(H,17,18)/p-1. The zero-order valence-electron chi connectivity index (χ0n) is 11.0. The molecule has 0 bridgehead atoms. The van der Waals surface area contributed by atoms with E-state index in [9.17, 15) is 31.5 Å². The highest BCUT2D eigenvalue weighted by Crippen LogP contribution is 2.35. The van der Waals surface area contributed by atoms with Gasteiger partial charge in [0.05, 0.1) is 0 Å². The number of rotatable bonds is 2. The van der Waals surface area contributed by atoms with Gasteiger partial charge in [-0.15, -0.1) is 0 Å². The summed E-state index contributed by atoms with van der Waals surface area (Å²) < 4.78 is 64.1. The van der Waals surface area contributed by atoms with Crippen molar-refractivity contribution in [3.8, 4) is 0 Å². The molecule has 122 valence electrons. The molecule has 6 nitrogen and oxygen atoms in total. The van der Waals surface area contributed by atoms with Gasteiger partial charge in [-0.1, -0.05) is 24.3 Å². The van der Waals surface area contributed by atoms with E-state index in [0.717, 1.165) is 0 Å². The van der Waals surface area contributed by atoms with Crippen molar-refractivity contribution < 1.29 is 35.7 Å². The Morgan fingerprint density at radius 2 is 1.95 bits per heavy atom. The predicted octanol–water partition coefficient (Wildman–Crippen LogP) is 1.14. The zero-order chi connectivity index (χ0) is 16.5. The maximum absolute atomic E-state index is 12.5. The van der Waals surface area contributed by atoms with Gasteiger partial charge >= 0.3 is 15.6 Å². The molecular weight excluding hydrogens is 327 g/mol. The van der Waals surface area contributed by atoms with Crippen LogP contribution in [0.15, 0.2) is 24.3 Å². The van der Waals surface area contributed by atoms with E-state index in [0.29, 0.717) is 23.3 Å². The molecule has 22 heavy (non-hydrogen) atoms. The monoisotopic (exact) mass is 338 g/mol. The molecule has 1 amide bonds. The second-order valence-corrected chi connectivity index (χ2v) is 6.17. The van der Waals surface area contributed by atoms with Crippen LogP contribution in [0.1, 0.15) is 23.8 Å². The molecule has 0 aromatic heterocycles. The van der Waals surface area contributed by atoms with Crippen LogP contribution in [-0.4, -0.2) is 31.5 Å². The molecule has 0 aliphatic carbocycles. The molecule has 1 aliphatic rings. The molecule has 0 spiro atoms. The number of benzene rings is 1. The summed E-state index contributed by atoms with van der Waals surface area (Å²) in [5, 5.41) is 11.1. The van der Waals surface area contributed by atoms with E-state index >= 15 is 0 Å². The summed E-state index contributed by atoms with van der Waals surface area (Å²) in [5.74, 6) is 0. The Morgan fingerprint density at radius 3 is 2.55 bits per heavy atom. The number of hydrogen-bond donors (Lipinski definition) is 0. The van der Waals surface area contributed by atoms with Crippen molar-refractivity contribution in [2.24, 2.45) is 0 Å². The Labute approximate surface area is 124 Å². The van der Waals surface area contributed by atoms with E-state index in [-0.39, 0.29) is 12.1 Å². The van der Waals surface area contributed by atoms with Crippen LogP contribution in [0.2, 0.25) is 0 Å². The molecule has 0 saturated heterocycles. The number of carboxylic acid groups (broad SMARTS) is 1. The minimum absolute atomic E-state index is 0.0528. The number of fused-ring (bicyclic) bond motifs is 1. The molecule has 1 unspecified atom stereocenters. The fourth-order valence-electron chi connectivity index (χ4n) is 2.19. The Hall–Kier alpha value is -1.81. The van der Waals surface area contributed by atoms with Gasteiger partial charge in [-0.2, -0.15) is 21.6 Å². The lowest BCUT2D eigenvalue weighted by atomic mass is 10.0. The van der Waals surface area contributed by atoms with Gasteiger partial charge < -0.3 is 14.8 Å². The lowest BCUT2D eigenvalue weighted by Crippen LogP contribution is -2.45. The fraction of sp³-hybridized carbons (Fsp3) is 0.417. The SMILES string of the molecule is O=C([O-])N1CCCc2ccccc2C1OS(=O)(=O)C(F)(F)F. The van der Waals surface area contributed by atoms with Crippen LogP contribution in [-0.2, 0) is 20.7 Å². The smallest absolute Gasteiger partial charge is 0.523 e. The van der Waals surface area contributed by atoms with E-state index in [1.165, 1.54) is 12.1 Å². The van der Waals surface area contributed by atoms with Gasteiger partial charge in [0.15, 0.2) is 6.23 Å². The lowest BCUT2D eigenvalue weighted by molar-refractivity contribution is -0.273. The highest BCUT2D eigenvalue weighted by molar-refractivity contribution is 7.87. The third-order valence-corrected chi connectivity index (χ3v) is 4.19. The van der Waals surface area contributed by atoms with Crippen molar-refractivity contribution in [3.63, 3.8) is 0 Å². The van der Waals surface area contributed by atoms with Crippen molar-refractivity contribution in [1.29, 1.82) is 0 Å². The number of carbonyl (C=O) groups is 1. The highest BCUT2D eigenvalue weighted by Gasteiger charge is 2.50. The first kappa shape index (κ1) is 16.6. The van der Waals surface area contributed by atoms with Gasteiger partial charge in [-0.3, -0.25) is 0 Å². The minimum Gasteiger partial charge on any atom is -0.530 e. The Balaban J connectivity index is 2.49. The Morgan fingerprint density at radius 1 is 1.32 bits per heavy atom. The molecule has 10 heteroatoms. The maximum Gasteiger partial charge on any atom is 0.523 e. The van der Waals surface area contributed by atoms with Gasteiger partial charge in [-0.25, -0.2) is 4.18 Å². The van der Waals surface area contributed by atoms with Crippen molar-refractivity contribution in [3.05, 3.63) is 35.4 Å². The molecule has 1 aromatic carbocycles. The number of hydrogen-bond acceptors (Lipinski definition) is 5. The van der Waals surface area contributed by atoms with Gasteiger partial charge in [0, 0.05) is 12.1 Å². The molecule has 2 rings (SSSR count). The van der Waals surface area contributed by atoms with Crippen LogP contribution in [0.25, 0.3) is 0 Å². The molecule has 1 aliphatic heterocycles. The first-order valence-corrected chi connectivity index (χ1v) is 7.59. The third-order valence-electron chi connectivity index (χ3n) is 3.19. The van der Waals surface area contributed by atoms with Gasteiger partial charge in [0.1, 0.15) is 6.09 Å². The summed E-state index contributed by atoms with van der Waals surface area (Å²) in [7, 11) is -5.96. The first-order chi connectivity index (χ1) is 10.1. The Bertz CT molecular complexity index is 674. The van der Waals surface area contributed by atoms with E-state index in [1.807, 2.05) is 0 Å². The van der Waals surface area contributed by atoms with Gasteiger partial charge in [0.2, 0.25) is 0 Å². The number of alkyl halides is 3. The summed E-state index contributed by atoms with van der Waals surface area (Å²) in [5.41, 5.74) is -5.07. The summed E-state index contributed by atoms with van der Waals surface area (Å²) in [6.07, 6.45) is -3.04. The van der Waals surface area contributed by atoms with Crippen LogP contribution >= 0.6 is 0 Å². The quantitative estimate of drug-likeness (QED) is 0.596. The number of halogens is 3. The van der Waals surface area contributed by atoms with Crippen LogP contribution in [0.5, 0.6) is 0 Å². The number of aryl methyl sites for hydroxylation is 1. The molecule has 1 heterocycles. The van der Waals surface area contributed by atoms with Crippen molar-refractivity contribution >= 4 is 16.2 Å². The third kappa shape index (κ3) is 3.17. The van der Waals surface area contributed by atoms with E-state index < -0.39 is 27.9 Å². The van der Waals surface area contributed by atoms with Crippen LogP contribution < -0.4 is 5.11 Å². The number of amides is 1. The average Bonchev–Trinajstić information content (AvgIpc) is 2.57. The predicted molar refractivity (Wildman–Crippen MR) is 65.7 cm³/mol. The lowest BCUT2D eigenvalue weighted by Gasteiger charge is -2.32. The molecular formula is C12H11F3NO5S-. The van der Waals surface area contributed by atoms with Crippen molar-refractivity contribution in [1.82, 2.24) is 4.90 Å². The minimum atomic E-state index is -5.96. The van der Waals surface area contributed by atoms with Gasteiger partial charge in [0.25, 0.3) is 0 Å². The van der Waals surface area contributed by atoms with E-state index in [1.54, 1.807) is 12.1 Å². The second-order valence-electron chi connectivity index (χ2n) is 4.61. The van der Waals surface area contributed by atoms with Crippen molar-refractivity contribution in [2.45, 2.75) is 24.6 Å². The number of nitrogens with zero attached hydrogens (tertiary/aromatic N) is 1. The van der Waals surface area contributed by atoms with Crippen LogP contribution in [0.4, 0.5) is 18.0 Å². The summed E-state index contributed by atoms with van der Waals surface area (Å²) in [6.45, 7) is -0.199. The summed E-state index contributed by atoms with van der Waals surface area (Å²) >= 11 is 0. The second kappa shape index (κ2) is 5.76. The fourth-order valence-corrected chi connectivity index (χ4v) is 2.75. The summed E-state index contributed by atoms with van der Waals surface area (Å²) in [4.78, 5) is 11.6. The van der Waals surface area contributed by atoms with Crippen LogP contribution in [0, 0.1) is 0 Å². The van der Waals surface area contributed by atoms with Crippen LogP contribution in [0.3, 0.4) is 0 Å². The average molecular weight is 338 g/mol. The molecule has 0 fully saturated rings. The van der Waals surface area contributed by atoms with Crippen molar-refractivity contribution in [2.75, 3.05) is 6.54 Å². The molecule has 0 N–H and O–H groups in total. The van der Waals surface area contributed by atoms with E-state index in [2.05, 4.69) is 4.18 Å². The molecule has 1 aromatic rings. The number of carbonyl (C=O) groups excluding carboxylic acids is 1. The van der Waals surface area contributed by atoms with E-state index in [4.69, 9.17) is 0 Å². The largest absolute Gasteiger partial charge is 0.530 e. The first-order valence-electron chi connectivity index (χ1n) is 6.18. The normalized spacial score (nSPS) is 19.4. The molecule has 0 radical (unpaired) electrons. The summed E-state index contributed by atoms with van der Waals surface area (Å²) in [6, 6.07) is 5.97. The molecule has 1 atom stereocenters. The van der Waals surface area contributed by atoms with Gasteiger partial charge in [-0.05, 0) is 18.4 Å². The zero-order valence-corrected chi connectivity index (χ0v) is 11.9.